The van der Waals surface area contributed by atoms with Crippen LogP contribution in [0.1, 0.15) is 50.2 Å². The Bertz CT molecular complexity index is 521. The number of hydrogen-bond donors (Lipinski definition) is 1. The van der Waals surface area contributed by atoms with E-state index in [1.54, 1.807) is 6.07 Å². The molecule has 3 nitrogen and oxygen atoms in total. The zero-order valence-electron chi connectivity index (χ0n) is 11.5. The predicted octanol–water partition coefficient (Wildman–Crippen LogP) is 3.19. The van der Waals surface area contributed by atoms with Crippen molar-refractivity contribution in [2.75, 3.05) is 0 Å². The summed E-state index contributed by atoms with van der Waals surface area (Å²) in [6.07, 6.45) is 3.14. The van der Waals surface area contributed by atoms with E-state index in [-0.39, 0.29) is 23.6 Å². The first-order valence-electron chi connectivity index (χ1n) is 7.21. The van der Waals surface area contributed by atoms with E-state index in [0.717, 1.165) is 24.8 Å². The highest BCUT2D eigenvalue weighted by Crippen LogP contribution is 2.52. The van der Waals surface area contributed by atoms with Crippen LogP contribution < -0.4 is 4.74 Å². The Morgan fingerprint density at radius 1 is 1.37 bits per heavy atom. The minimum Gasteiger partial charge on any atom is -0.504 e. The molecule has 1 heterocycles. The van der Waals surface area contributed by atoms with Gasteiger partial charge >= 0.3 is 0 Å². The fourth-order valence-electron chi connectivity index (χ4n) is 3.63. The van der Waals surface area contributed by atoms with Crippen LogP contribution in [-0.2, 0) is 11.2 Å². The first-order valence-corrected chi connectivity index (χ1v) is 7.21. The van der Waals surface area contributed by atoms with Crippen molar-refractivity contribution in [3.63, 3.8) is 0 Å². The highest BCUT2D eigenvalue weighted by Gasteiger charge is 2.47. The molecule has 1 aliphatic heterocycles. The SMILES string of the molecule is CCc1ccc(O)c2c1C1C(CC)CCC(=O)C1O2. The fraction of sp³-hybridized carbons (Fsp3) is 0.562. The molecule has 0 saturated heterocycles. The largest absolute Gasteiger partial charge is 0.504 e. The lowest BCUT2D eigenvalue weighted by atomic mass is 9.72. The van der Waals surface area contributed by atoms with E-state index in [1.807, 2.05) is 6.07 Å². The molecule has 3 rings (SSSR count). The number of carbonyl (C=O) groups is 1. The van der Waals surface area contributed by atoms with Crippen molar-refractivity contribution < 1.29 is 14.6 Å². The van der Waals surface area contributed by atoms with Gasteiger partial charge in [-0.05, 0) is 30.4 Å². The van der Waals surface area contributed by atoms with Gasteiger partial charge < -0.3 is 9.84 Å². The van der Waals surface area contributed by atoms with Gasteiger partial charge in [0.25, 0.3) is 0 Å². The summed E-state index contributed by atoms with van der Waals surface area (Å²) in [7, 11) is 0. The van der Waals surface area contributed by atoms with Crippen LogP contribution in [-0.4, -0.2) is 17.0 Å². The van der Waals surface area contributed by atoms with Gasteiger partial charge in [-0.15, -0.1) is 0 Å². The topological polar surface area (TPSA) is 46.5 Å². The first-order chi connectivity index (χ1) is 9.17. The van der Waals surface area contributed by atoms with E-state index in [0.29, 0.717) is 18.1 Å². The molecule has 1 aliphatic carbocycles. The van der Waals surface area contributed by atoms with Crippen LogP contribution in [0.15, 0.2) is 12.1 Å². The average molecular weight is 260 g/mol. The molecule has 3 unspecified atom stereocenters. The molecule has 1 aromatic rings. The molecule has 19 heavy (non-hydrogen) atoms. The van der Waals surface area contributed by atoms with Crippen molar-refractivity contribution in [2.45, 2.75) is 51.6 Å². The number of fused-ring (bicyclic) bond motifs is 3. The van der Waals surface area contributed by atoms with Gasteiger partial charge in [0.15, 0.2) is 23.4 Å². The number of ether oxygens (including phenoxy) is 1. The Morgan fingerprint density at radius 3 is 2.84 bits per heavy atom. The second-order valence-corrected chi connectivity index (χ2v) is 5.58. The molecule has 102 valence electrons. The Hall–Kier alpha value is -1.51. The highest BCUT2D eigenvalue weighted by atomic mass is 16.5. The van der Waals surface area contributed by atoms with Gasteiger partial charge in [-0.25, -0.2) is 0 Å². The van der Waals surface area contributed by atoms with Crippen LogP contribution in [0.2, 0.25) is 0 Å². The molecule has 0 spiro atoms. The summed E-state index contributed by atoms with van der Waals surface area (Å²) >= 11 is 0. The molecule has 3 heteroatoms. The number of aryl methyl sites for hydroxylation is 1. The second-order valence-electron chi connectivity index (χ2n) is 5.58. The summed E-state index contributed by atoms with van der Waals surface area (Å²) < 4.78 is 5.83. The van der Waals surface area contributed by atoms with E-state index in [1.165, 1.54) is 5.56 Å². The van der Waals surface area contributed by atoms with Gasteiger partial charge in [-0.3, -0.25) is 4.79 Å². The number of rotatable bonds is 2. The van der Waals surface area contributed by atoms with Crippen LogP contribution in [0.3, 0.4) is 0 Å². The molecule has 0 aromatic heterocycles. The Labute approximate surface area is 113 Å². The van der Waals surface area contributed by atoms with Gasteiger partial charge in [-0.2, -0.15) is 0 Å². The minimum absolute atomic E-state index is 0.142. The molecule has 0 amide bonds. The van der Waals surface area contributed by atoms with E-state index in [4.69, 9.17) is 4.74 Å². The number of ketones is 1. The number of Topliss-reactive ketones (excluding diaryl/α,β-unsaturated/α-hetero) is 1. The number of phenols is 1. The predicted molar refractivity (Wildman–Crippen MR) is 72.7 cm³/mol. The first kappa shape index (κ1) is 12.5. The number of benzene rings is 1. The number of phenolic OH excluding ortho intramolecular Hbond substituents is 1. The van der Waals surface area contributed by atoms with Crippen molar-refractivity contribution in [3.8, 4) is 11.5 Å². The van der Waals surface area contributed by atoms with Crippen molar-refractivity contribution in [1.82, 2.24) is 0 Å². The third-order valence-corrected chi connectivity index (χ3v) is 4.66. The van der Waals surface area contributed by atoms with E-state index in [2.05, 4.69) is 13.8 Å². The minimum atomic E-state index is -0.368. The molecule has 0 radical (unpaired) electrons. The molecular weight excluding hydrogens is 240 g/mol. The van der Waals surface area contributed by atoms with E-state index < -0.39 is 0 Å². The number of aromatic hydroxyl groups is 1. The summed E-state index contributed by atoms with van der Waals surface area (Å²) in [6.45, 7) is 4.27. The monoisotopic (exact) mass is 260 g/mol. The zero-order valence-corrected chi connectivity index (χ0v) is 11.5. The Morgan fingerprint density at radius 2 is 2.16 bits per heavy atom. The number of carbonyl (C=O) groups excluding carboxylic acids is 1. The van der Waals surface area contributed by atoms with Crippen molar-refractivity contribution in [1.29, 1.82) is 0 Å². The fourth-order valence-corrected chi connectivity index (χ4v) is 3.63. The third kappa shape index (κ3) is 1.75. The van der Waals surface area contributed by atoms with E-state index in [9.17, 15) is 9.90 Å². The molecule has 2 aliphatic rings. The summed E-state index contributed by atoms with van der Waals surface area (Å²) in [5.41, 5.74) is 2.29. The van der Waals surface area contributed by atoms with Crippen molar-refractivity contribution >= 4 is 5.78 Å². The van der Waals surface area contributed by atoms with E-state index >= 15 is 0 Å². The summed E-state index contributed by atoms with van der Waals surface area (Å²) in [6, 6.07) is 3.64. The molecular formula is C16H20O3. The van der Waals surface area contributed by atoms with Crippen LogP contribution in [0.25, 0.3) is 0 Å². The van der Waals surface area contributed by atoms with Crippen LogP contribution in [0, 0.1) is 5.92 Å². The van der Waals surface area contributed by atoms with Gasteiger partial charge in [-0.1, -0.05) is 26.3 Å². The van der Waals surface area contributed by atoms with Crippen LogP contribution in [0.5, 0.6) is 11.5 Å². The molecule has 1 aromatic carbocycles. The second kappa shape index (κ2) is 4.55. The lowest BCUT2D eigenvalue weighted by molar-refractivity contribution is -0.129. The average Bonchev–Trinajstić information content (AvgIpc) is 2.82. The maximum absolute atomic E-state index is 12.1. The van der Waals surface area contributed by atoms with Crippen molar-refractivity contribution in [3.05, 3.63) is 23.3 Å². The Balaban J connectivity index is 2.14. The molecule has 1 N–H and O–H groups in total. The molecule has 3 atom stereocenters. The molecule has 1 saturated carbocycles. The summed E-state index contributed by atoms with van der Waals surface area (Å²) in [4.78, 5) is 12.1. The standard InChI is InChI=1S/C16H20O3/c1-3-9-5-7-11(17)15-13(9)14-10(4-2)6-8-12(18)16(14)19-15/h5,7,10,14,16-17H,3-4,6,8H2,1-2H3. The number of hydrogen-bond acceptors (Lipinski definition) is 3. The maximum Gasteiger partial charge on any atom is 0.173 e. The maximum atomic E-state index is 12.1. The third-order valence-electron chi connectivity index (χ3n) is 4.66. The van der Waals surface area contributed by atoms with Gasteiger partial charge in [0.05, 0.1) is 0 Å². The summed E-state index contributed by atoms with van der Waals surface area (Å²) in [5.74, 6) is 1.54. The van der Waals surface area contributed by atoms with Gasteiger partial charge in [0, 0.05) is 17.9 Å². The van der Waals surface area contributed by atoms with Gasteiger partial charge in [0.2, 0.25) is 0 Å². The molecule has 1 fully saturated rings. The van der Waals surface area contributed by atoms with Crippen LogP contribution >= 0.6 is 0 Å². The van der Waals surface area contributed by atoms with Gasteiger partial charge in [0.1, 0.15) is 0 Å². The smallest absolute Gasteiger partial charge is 0.173 e. The highest BCUT2D eigenvalue weighted by molar-refractivity contribution is 5.87. The van der Waals surface area contributed by atoms with Crippen molar-refractivity contribution in [2.24, 2.45) is 5.92 Å². The molecule has 0 bridgehead atoms. The quantitative estimate of drug-likeness (QED) is 0.888. The van der Waals surface area contributed by atoms with Crippen LogP contribution in [0.4, 0.5) is 0 Å². The zero-order chi connectivity index (χ0) is 13.6. The normalized spacial score (nSPS) is 28.7. The Kier molecular flexibility index (Phi) is 3.00. The summed E-state index contributed by atoms with van der Waals surface area (Å²) in [5, 5.41) is 10.0. The lowest BCUT2D eigenvalue weighted by Crippen LogP contribution is -2.37. The lowest BCUT2D eigenvalue weighted by Gasteiger charge is -2.31.